The second kappa shape index (κ2) is 8.28. The number of rotatable bonds is 5. The molecule has 2 aromatic carbocycles. The minimum atomic E-state index is -1.07. The van der Waals surface area contributed by atoms with Gasteiger partial charge in [0.05, 0.1) is 0 Å². The molecule has 0 saturated carbocycles. The lowest BCUT2D eigenvalue weighted by molar-refractivity contribution is -0.123. The number of hydrogen-bond acceptors (Lipinski definition) is 5. The number of benzene rings is 2. The molecule has 138 valence electrons. The van der Waals surface area contributed by atoms with Gasteiger partial charge in [-0.1, -0.05) is 29.8 Å². The number of halogens is 2. The number of aromatic nitrogens is 1. The van der Waals surface area contributed by atoms with Crippen LogP contribution < -0.4 is 5.32 Å². The van der Waals surface area contributed by atoms with Crippen LogP contribution in [0.25, 0.3) is 10.6 Å². The molecule has 5 nitrogen and oxygen atoms in total. The standard InChI is InChI=1S/C19H14ClFN2O3S/c1-11(17(24)22-15-7-3-6-14(21)9-15)26-19(25)16-10-27-18(23-16)12-4-2-5-13(20)8-12/h2-11H,1H3,(H,22,24)/t11-/m1/s1. The van der Waals surface area contributed by atoms with Crippen molar-refractivity contribution >= 4 is 40.5 Å². The Balaban J connectivity index is 1.64. The maximum absolute atomic E-state index is 13.2. The predicted molar refractivity (Wildman–Crippen MR) is 102 cm³/mol. The Morgan fingerprint density at radius 1 is 1.22 bits per heavy atom. The number of thiazole rings is 1. The SMILES string of the molecule is C[C@@H](OC(=O)c1csc(-c2cccc(Cl)c2)n1)C(=O)Nc1cccc(F)c1. The number of esters is 1. The van der Waals surface area contributed by atoms with Gasteiger partial charge in [-0.2, -0.15) is 0 Å². The Labute approximate surface area is 163 Å². The van der Waals surface area contributed by atoms with Gasteiger partial charge >= 0.3 is 5.97 Å². The molecule has 0 unspecified atom stereocenters. The van der Waals surface area contributed by atoms with E-state index in [-0.39, 0.29) is 11.4 Å². The smallest absolute Gasteiger partial charge is 0.358 e. The van der Waals surface area contributed by atoms with Crippen LogP contribution in [0, 0.1) is 5.82 Å². The molecule has 27 heavy (non-hydrogen) atoms. The summed E-state index contributed by atoms with van der Waals surface area (Å²) in [5.74, 6) is -1.77. The number of anilines is 1. The van der Waals surface area contributed by atoms with E-state index in [4.69, 9.17) is 16.3 Å². The molecule has 0 bridgehead atoms. The molecule has 0 saturated heterocycles. The molecule has 1 atom stereocenters. The Hall–Kier alpha value is -2.77. The molecule has 1 aromatic heterocycles. The van der Waals surface area contributed by atoms with E-state index < -0.39 is 23.8 Å². The lowest BCUT2D eigenvalue weighted by Gasteiger charge is -2.12. The molecule has 1 heterocycles. The fourth-order valence-electron chi connectivity index (χ4n) is 2.21. The maximum atomic E-state index is 13.2. The van der Waals surface area contributed by atoms with E-state index in [1.54, 1.807) is 23.6 Å². The monoisotopic (exact) mass is 404 g/mol. The van der Waals surface area contributed by atoms with Crippen molar-refractivity contribution in [3.8, 4) is 10.6 Å². The average Bonchev–Trinajstić information content (AvgIpc) is 3.12. The van der Waals surface area contributed by atoms with E-state index in [0.717, 1.165) is 5.56 Å². The van der Waals surface area contributed by atoms with E-state index >= 15 is 0 Å². The molecule has 0 fully saturated rings. The van der Waals surface area contributed by atoms with Gasteiger partial charge in [0, 0.05) is 21.7 Å². The zero-order valence-electron chi connectivity index (χ0n) is 14.1. The molecule has 0 radical (unpaired) electrons. The number of nitrogens with zero attached hydrogens (tertiary/aromatic N) is 1. The van der Waals surface area contributed by atoms with Crippen molar-refractivity contribution in [1.29, 1.82) is 0 Å². The van der Waals surface area contributed by atoms with Crippen molar-refractivity contribution in [2.75, 3.05) is 5.32 Å². The lowest BCUT2D eigenvalue weighted by Crippen LogP contribution is -2.30. The van der Waals surface area contributed by atoms with Gasteiger partial charge in [-0.25, -0.2) is 14.2 Å². The highest BCUT2D eigenvalue weighted by Crippen LogP contribution is 2.26. The minimum Gasteiger partial charge on any atom is -0.448 e. The molecular weight excluding hydrogens is 391 g/mol. The molecule has 0 aliphatic heterocycles. The Kier molecular flexibility index (Phi) is 5.83. The second-order valence-corrected chi connectivity index (χ2v) is 6.89. The zero-order valence-corrected chi connectivity index (χ0v) is 15.7. The first-order valence-corrected chi connectivity index (χ1v) is 9.17. The van der Waals surface area contributed by atoms with Crippen molar-refractivity contribution in [2.24, 2.45) is 0 Å². The van der Waals surface area contributed by atoms with Gasteiger partial charge in [0.1, 0.15) is 10.8 Å². The third-order valence-corrected chi connectivity index (χ3v) is 4.66. The molecule has 3 aromatic rings. The third-order valence-electron chi connectivity index (χ3n) is 3.53. The van der Waals surface area contributed by atoms with Gasteiger partial charge in [0.15, 0.2) is 11.8 Å². The van der Waals surface area contributed by atoms with Crippen LogP contribution >= 0.6 is 22.9 Å². The van der Waals surface area contributed by atoms with Gasteiger partial charge in [0.2, 0.25) is 0 Å². The molecule has 8 heteroatoms. The summed E-state index contributed by atoms with van der Waals surface area (Å²) in [6, 6.07) is 12.5. The Morgan fingerprint density at radius 2 is 2.00 bits per heavy atom. The number of nitrogens with one attached hydrogen (secondary N) is 1. The van der Waals surface area contributed by atoms with Crippen LogP contribution in [-0.2, 0) is 9.53 Å². The van der Waals surface area contributed by atoms with E-state index in [9.17, 15) is 14.0 Å². The molecule has 0 aliphatic rings. The van der Waals surface area contributed by atoms with Gasteiger partial charge < -0.3 is 10.1 Å². The van der Waals surface area contributed by atoms with Crippen LogP contribution in [0.1, 0.15) is 17.4 Å². The fraction of sp³-hybridized carbons (Fsp3) is 0.105. The zero-order chi connectivity index (χ0) is 19.4. The molecule has 3 rings (SSSR count). The highest BCUT2D eigenvalue weighted by atomic mass is 35.5. The summed E-state index contributed by atoms with van der Waals surface area (Å²) in [7, 11) is 0. The highest BCUT2D eigenvalue weighted by Gasteiger charge is 2.21. The number of amides is 1. The van der Waals surface area contributed by atoms with Gasteiger partial charge in [-0.3, -0.25) is 4.79 Å². The minimum absolute atomic E-state index is 0.0976. The van der Waals surface area contributed by atoms with Crippen molar-refractivity contribution in [1.82, 2.24) is 4.98 Å². The average molecular weight is 405 g/mol. The fourth-order valence-corrected chi connectivity index (χ4v) is 3.18. The van der Waals surface area contributed by atoms with E-state index in [0.29, 0.717) is 10.0 Å². The molecule has 1 amide bonds. The summed E-state index contributed by atoms with van der Waals surface area (Å²) in [6.07, 6.45) is -1.07. The third kappa shape index (κ3) is 4.90. The van der Waals surface area contributed by atoms with Crippen LogP contribution in [0.15, 0.2) is 53.9 Å². The van der Waals surface area contributed by atoms with Crippen molar-refractivity contribution in [3.63, 3.8) is 0 Å². The van der Waals surface area contributed by atoms with Crippen LogP contribution in [-0.4, -0.2) is 23.0 Å². The quantitative estimate of drug-likeness (QED) is 0.621. The number of ether oxygens (including phenoxy) is 1. The van der Waals surface area contributed by atoms with Gasteiger partial charge in [-0.15, -0.1) is 11.3 Å². The lowest BCUT2D eigenvalue weighted by atomic mass is 10.2. The topological polar surface area (TPSA) is 68.3 Å². The number of hydrogen-bond donors (Lipinski definition) is 1. The van der Waals surface area contributed by atoms with Crippen molar-refractivity contribution < 1.29 is 18.7 Å². The van der Waals surface area contributed by atoms with E-state index in [1.807, 2.05) is 6.07 Å². The van der Waals surface area contributed by atoms with Gasteiger partial charge in [-0.05, 0) is 37.3 Å². The van der Waals surface area contributed by atoms with Crippen LogP contribution in [0.3, 0.4) is 0 Å². The van der Waals surface area contributed by atoms with Crippen LogP contribution in [0.4, 0.5) is 10.1 Å². The first-order chi connectivity index (χ1) is 12.9. The molecule has 0 aliphatic carbocycles. The number of carbonyl (C=O) groups excluding carboxylic acids is 2. The summed E-state index contributed by atoms with van der Waals surface area (Å²) < 4.78 is 18.3. The van der Waals surface area contributed by atoms with Gasteiger partial charge in [0.25, 0.3) is 5.91 Å². The van der Waals surface area contributed by atoms with E-state index in [2.05, 4.69) is 10.3 Å². The predicted octanol–water partition coefficient (Wildman–Crippen LogP) is 4.79. The number of carbonyl (C=O) groups is 2. The summed E-state index contributed by atoms with van der Waals surface area (Å²) in [4.78, 5) is 28.6. The van der Waals surface area contributed by atoms with Crippen molar-refractivity contribution in [3.05, 3.63) is 70.4 Å². The first-order valence-electron chi connectivity index (χ1n) is 7.91. The summed E-state index contributed by atoms with van der Waals surface area (Å²) in [5.41, 5.74) is 1.16. The largest absolute Gasteiger partial charge is 0.448 e. The van der Waals surface area contributed by atoms with Crippen LogP contribution in [0.2, 0.25) is 5.02 Å². The second-order valence-electron chi connectivity index (χ2n) is 5.60. The first kappa shape index (κ1) is 19.0. The van der Waals surface area contributed by atoms with E-state index in [1.165, 1.54) is 42.5 Å². The summed E-state index contributed by atoms with van der Waals surface area (Å²) in [6.45, 7) is 1.43. The normalized spacial score (nSPS) is 11.7. The molecular formula is C19H14ClFN2O3S. The summed E-state index contributed by atoms with van der Waals surface area (Å²) in [5, 5.41) is 5.22. The Bertz CT molecular complexity index is 992. The highest BCUT2D eigenvalue weighted by molar-refractivity contribution is 7.13. The molecule has 1 N–H and O–H groups in total. The maximum Gasteiger partial charge on any atom is 0.358 e. The van der Waals surface area contributed by atoms with Crippen molar-refractivity contribution in [2.45, 2.75) is 13.0 Å². The molecule has 0 spiro atoms. The van der Waals surface area contributed by atoms with Crippen LogP contribution in [0.5, 0.6) is 0 Å². The summed E-state index contributed by atoms with van der Waals surface area (Å²) >= 11 is 7.23. The Morgan fingerprint density at radius 3 is 2.74 bits per heavy atom.